The largest absolute Gasteiger partial charge is 0.469 e. The van der Waals surface area contributed by atoms with Gasteiger partial charge in [-0.25, -0.2) is 4.57 Å². The van der Waals surface area contributed by atoms with E-state index < -0.39 is 15.4 Å². The Morgan fingerprint density at radius 3 is 1.45 bits per heavy atom. The van der Waals surface area contributed by atoms with Gasteiger partial charge in [-0.1, -0.05) is 44.9 Å². The molecule has 0 bridgehead atoms. The van der Waals surface area contributed by atoms with Crippen LogP contribution in [0.3, 0.4) is 0 Å². The maximum Gasteiger partial charge on any atom is 0.469 e. The lowest BCUT2D eigenvalue weighted by atomic mass is 10.1. The van der Waals surface area contributed by atoms with E-state index in [4.69, 9.17) is 19.6 Å². The number of unbranched alkanes of at least 4 members (excludes halogenated alkanes) is 8. The quantitative estimate of drug-likeness (QED) is 0.302. The summed E-state index contributed by atoms with van der Waals surface area (Å²) < 4.78 is 25.3. The second-order valence-electron chi connectivity index (χ2n) is 4.89. The fourth-order valence-electron chi connectivity index (χ4n) is 1.84. The van der Waals surface area contributed by atoms with Gasteiger partial charge in [0, 0.05) is 6.16 Å². The summed E-state index contributed by atoms with van der Waals surface area (Å²) in [5, 5.41) is 0. The van der Waals surface area contributed by atoms with Crippen LogP contribution in [0, 0.1) is 0 Å². The monoisotopic (exact) mass is 332 g/mol. The first kappa shape index (κ1) is 20.3. The topological polar surface area (TPSA) is 124 Å². The van der Waals surface area contributed by atoms with Crippen molar-refractivity contribution >= 4 is 15.4 Å². The molecule has 122 valence electrons. The maximum atomic E-state index is 10.6. The number of phosphoric acid groups is 1. The van der Waals surface area contributed by atoms with E-state index in [9.17, 15) is 9.13 Å². The Balaban J connectivity index is 3.14. The third-order valence-electron chi connectivity index (χ3n) is 2.85. The van der Waals surface area contributed by atoms with Crippen molar-refractivity contribution in [1.82, 2.24) is 0 Å². The van der Waals surface area contributed by atoms with Crippen molar-refractivity contribution in [3.05, 3.63) is 0 Å². The Hall–Kier alpha value is 0.260. The van der Waals surface area contributed by atoms with E-state index in [1.807, 2.05) is 0 Å². The molecule has 0 aliphatic heterocycles. The lowest BCUT2D eigenvalue weighted by molar-refractivity contribution is 0.193. The van der Waals surface area contributed by atoms with Crippen molar-refractivity contribution in [2.24, 2.45) is 0 Å². The predicted octanol–water partition coefficient (Wildman–Crippen LogP) is 2.78. The SMILES string of the molecule is O=P(O)(O)CCCCCCCCCCCOP(=O)(O)O. The molecule has 0 atom stereocenters. The molecule has 0 saturated heterocycles. The number of rotatable bonds is 13. The molecule has 0 unspecified atom stereocenters. The molecule has 0 heterocycles. The molecule has 20 heavy (non-hydrogen) atoms. The fourth-order valence-corrected chi connectivity index (χ4v) is 2.84. The molecule has 0 rings (SSSR count). The lowest BCUT2D eigenvalue weighted by Crippen LogP contribution is -1.92. The molecule has 0 spiro atoms. The average molecular weight is 332 g/mol. The van der Waals surface area contributed by atoms with Crippen LogP contribution in [-0.2, 0) is 13.7 Å². The molecule has 0 aromatic rings. The molecule has 7 nitrogen and oxygen atoms in total. The highest BCUT2D eigenvalue weighted by molar-refractivity contribution is 7.51. The van der Waals surface area contributed by atoms with Gasteiger partial charge in [-0.3, -0.25) is 9.09 Å². The second kappa shape index (κ2) is 10.9. The lowest BCUT2D eigenvalue weighted by Gasteiger charge is -2.05. The third kappa shape index (κ3) is 18.3. The molecule has 0 amide bonds. The van der Waals surface area contributed by atoms with Crippen molar-refractivity contribution in [3.63, 3.8) is 0 Å². The third-order valence-corrected chi connectivity index (χ3v) is 4.27. The van der Waals surface area contributed by atoms with Crippen LogP contribution in [0.1, 0.15) is 57.8 Å². The van der Waals surface area contributed by atoms with E-state index in [2.05, 4.69) is 4.52 Å². The highest BCUT2D eigenvalue weighted by atomic mass is 31.2. The molecule has 0 saturated carbocycles. The smallest absolute Gasteiger partial charge is 0.324 e. The van der Waals surface area contributed by atoms with Crippen molar-refractivity contribution < 1.29 is 33.2 Å². The van der Waals surface area contributed by atoms with Gasteiger partial charge in [0.1, 0.15) is 0 Å². The molecule has 0 aromatic heterocycles. The van der Waals surface area contributed by atoms with Crippen LogP contribution in [0.15, 0.2) is 0 Å². The summed E-state index contributed by atoms with van der Waals surface area (Å²) in [6.45, 7) is 0.0899. The van der Waals surface area contributed by atoms with Crippen LogP contribution < -0.4 is 0 Å². The van der Waals surface area contributed by atoms with Crippen LogP contribution in [0.5, 0.6) is 0 Å². The van der Waals surface area contributed by atoms with E-state index in [0.717, 1.165) is 44.9 Å². The van der Waals surface area contributed by atoms with Crippen LogP contribution >= 0.6 is 15.4 Å². The van der Waals surface area contributed by atoms with Gasteiger partial charge in [-0.15, -0.1) is 0 Å². The maximum absolute atomic E-state index is 10.6. The zero-order chi connectivity index (χ0) is 15.5. The summed E-state index contributed by atoms with van der Waals surface area (Å²) >= 11 is 0. The predicted molar refractivity (Wildman–Crippen MR) is 76.5 cm³/mol. The number of phosphoric ester groups is 1. The van der Waals surface area contributed by atoms with Gasteiger partial charge in [0.2, 0.25) is 0 Å². The standard InChI is InChI=1S/C11H26O7P2/c12-19(13,14)11-9-7-5-3-1-2-4-6-8-10-18-20(15,16)17/h1-11H2,(H2,12,13,14)(H2,15,16,17). The number of hydrogen-bond donors (Lipinski definition) is 4. The first-order valence-corrected chi connectivity index (χ1v) is 10.3. The summed E-state index contributed by atoms with van der Waals surface area (Å²) in [5.41, 5.74) is 0. The minimum absolute atomic E-state index is 0.0213. The summed E-state index contributed by atoms with van der Waals surface area (Å²) in [5.74, 6) is 0. The fraction of sp³-hybridized carbons (Fsp3) is 1.00. The van der Waals surface area contributed by atoms with Gasteiger partial charge in [-0.05, 0) is 12.8 Å². The molecular weight excluding hydrogens is 306 g/mol. The molecule has 0 fully saturated rings. The van der Waals surface area contributed by atoms with Gasteiger partial charge in [0.05, 0.1) is 6.61 Å². The average Bonchev–Trinajstić information content (AvgIpc) is 2.27. The van der Waals surface area contributed by atoms with Gasteiger partial charge in [-0.2, -0.15) is 0 Å². The van der Waals surface area contributed by atoms with Crippen LogP contribution in [0.25, 0.3) is 0 Å². The van der Waals surface area contributed by atoms with Crippen molar-refractivity contribution in [3.8, 4) is 0 Å². The second-order valence-corrected chi connectivity index (χ2v) is 7.91. The minimum atomic E-state index is -4.31. The van der Waals surface area contributed by atoms with Crippen molar-refractivity contribution in [2.45, 2.75) is 57.8 Å². The molecule has 0 aliphatic carbocycles. The molecule has 0 aromatic carbocycles. The van der Waals surface area contributed by atoms with Crippen molar-refractivity contribution in [1.29, 1.82) is 0 Å². The minimum Gasteiger partial charge on any atom is -0.324 e. The molecule has 0 aliphatic rings. The first-order valence-electron chi connectivity index (χ1n) is 6.95. The highest BCUT2D eigenvalue weighted by Crippen LogP contribution is 2.36. The van der Waals surface area contributed by atoms with E-state index in [1.54, 1.807) is 0 Å². The number of hydrogen-bond acceptors (Lipinski definition) is 3. The summed E-state index contributed by atoms with van der Waals surface area (Å²) in [4.78, 5) is 34.2. The Morgan fingerprint density at radius 2 is 1.05 bits per heavy atom. The molecule has 0 radical (unpaired) electrons. The van der Waals surface area contributed by atoms with Crippen molar-refractivity contribution in [2.75, 3.05) is 12.8 Å². The van der Waals surface area contributed by atoms with Crippen LogP contribution in [0.4, 0.5) is 0 Å². The van der Waals surface area contributed by atoms with Gasteiger partial charge < -0.3 is 19.6 Å². The van der Waals surface area contributed by atoms with Gasteiger partial charge in [0.15, 0.2) is 0 Å². The highest BCUT2D eigenvalue weighted by Gasteiger charge is 2.12. The van der Waals surface area contributed by atoms with E-state index in [-0.39, 0.29) is 12.8 Å². The zero-order valence-electron chi connectivity index (χ0n) is 11.7. The van der Waals surface area contributed by atoms with E-state index >= 15 is 0 Å². The first-order chi connectivity index (χ1) is 9.21. The Morgan fingerprint density at radius 1 is 0.650 bits per heavy atom. The zero-order valence-corrected chi connectivity index (χ0v) is 13.5. The van der Waals surface area contributed by atoms with Gasteiger partial charge >= 0.3 is 15.4 Å². The molecule has 4 N–H and O–H groups in total. The van der Waals surface area contributed by atoms with Crippen LogP contribution in [0.2, 0.25) is 0 Å². The Bertz CT molecular complexity index is 291. The van der Waals surface area contributed by atoms with E-state index in [0.29, 0.717) is 12.8 Å². The van der Waals surface area contributed by atoms with Crippen LogP contribution in [-0.4, -0.2) is 32.3 Å². The normalized spacial score (nSPS) is 12.8. The van der Waals surface area contributed by atoms with E-state index in [1.165, 1.54) is 0 Å². The molecular formula is C11H26O7P2. The molecule has 9 heteroatoms. The summed E-state index contributed by atoms with van der Waals surface area (Å²) in [6.07, 6.45) is 8.13. The summed E-state index contributed by atoms with van der Waals surface area (Å²) in [7, 11) is -8.13. The Labute approximate surface area is 120 Å². The Kier molecular flexibility index (Phi) is 11.1. The van der Waals surface area contributed by atoms with Gasteiger partial charge in [0.25, 0.3) is 0 Å². The summed E-state index contributed by atoms with van der Waals surface area (Å²) in [6, 6.07) is 0.